The topological polar surface area (TPSA) is 64.1 Å². The van der Waals surface area contributed by atoms with Crippen molar-refractivity contribution in [1.29, 1.82) is 0 Å². The second-order valence-corrected chi connectivity index (χ2v) is 8.03. The van der Waals surface area contributed by atoms with E-state index in [0.717, 1.165) is 16.1 Å². The summed E-state index contributed by atoms with van der Waals surface area (Å²) in [6.07, 6.45) is 0.676. The fourth-order valence-corrected chi connectivity index (χ4v) is 3.73. The summed E-state index contributed by atoms with van der Waals surface area (Å²) < 4.78 is 5.87. The van der Waals surface area contributed by atoms with Gasteiger partial charge in [-0.2, -0.15) is 0 Å². The molecule has 150 valence electrons. The molecule has 0 radical (unpaired) electrons. The summed E-state index contributed by atoms with van der Waals surface area (Å²) in [5, 5.41) is 13.0. The Kier molecular flexibility index (Phi) is 6.37. The quantitative estimate of drug-likeness (QED) is 0.409. The van der Waals surface area contributed by atoms with E-state index in [0.29, 0.717) is 34.5 Å². The van der Waals surface area contributed by atoms with E-state index in [4.69, 9.17) is 16.3 Å². The average Bonchev–Trinajstić information content (AvgIpc) is 3.21. The minimum atomic E-state index is -0.288. The van der Waals surface area contributed by atoms with Gasteiger partial charge in [0.1, 0.15) is 17.4 Å². The van der Waals surface area contributed by atoms with E-state index >= 15 is 0 Å². The van der Waals surface area contributed by atoms with Crippen LogP contribution in [0.3, 0.4) is 0 Å². The summed E-state index contributed by atoms with van der Waals surface area (Å²) in [4.78, 5) is 12.8. The lowest BCUT2D eigenvalue weighted by atomic mass is 10.2. The van der Waals surface area contributed by atoms with Gasteiger partial charge in [-0.25, -0.2) is 0 Å². The average molecular weight is 436 g/mol. The molecule has 0 aliphatic carbocycles. The van der Waals surface area contributed by atoms with Gasteiger partial charge in [0.25, 0.3) is 5.91 Å². The van der Waals surface area contributed by atoms with Crippen molar-refractivity contribution in [3.8, 4) is 5.75 Å². The lowest BCUT2D eigenvalue weighted by molar-refractivity contribution is 0.102. The fraction of sp³-hybridized carbons (Fsp3) is 0.0870. The van der Waals surface area contributed by atoms with Gasteiger partial charge in [-0.1, -0.05) is 77.5 Å². The summed E-state index contributed by atoms with van der Waals surface area (Å²) in [6, 6.07) is 24.5. The van der Waals surface area contributed by atoms with E-state index in [1.165, 1.54) is 11.3 Å². The number of benzene rings is 3. The van der Waals surface area contributed by atoms with Gasteiger partial charge in [0.15, 0.2) is 0 Å². The zero-order valence-electron chi connectivity index (χ0n) is 15.9. The van der Waals surface area contributed by atoms with Crippen molar-refractivity contribution >= 4 is 34.0 Å². The van der Waals surface area contributed by atoms with Crippen LogP contribution in [0.25, 0.3) is 0 Å². The molecule has 4 rings (SSSR count). The van der Waals surface area contributed by atoms with Crippen LogP contribution >= 0.6 is 22.9 Å². The molecule has 0 spiro atoms. The Balaban J connectivity index is 1.42. The molecular weight excluding hydrogens is 418 g/mol. The number of nitrogens with one attached hydrogen (secondary N) is 1. The number of ether oxygens (including phenoxy) is 1. The third-order valence-corrected chi connectivity index (χ3v) is 5.42. The molecule has 0 aliphatic rings. The molecule has 0 bridgehead atoms. The summed E-state index contributed by atoms with van der Waals surface area (Å²) in [5.41, 5.74) is 2.54. The second-order valence-electron chi connectivity index (χ2n) is 6.53. The highest BCUT2D eigenvalue weighted by Crippen LogP contribution is 2.23. The molecule has 0 aliphatic heterocycles. The van der Waals surface area contributed by atoms with Crippen molar-refractivity contribution < 1.29 is 9.53 Å². The first kappa shape index (κ1) is 20.1. The number of hydrogen-bond donors (Lipinski definition) is 1. The van der Waals surface area contributed by atoms with E-state index in [9.17, 15) is 4.79 Å². The standard InChI is InChI=1S/C23H18ClN3O2S/c24-18-12-10-17(11-13-18)15-29-20-9-5-4-8-19(20)22(28)25-23-27-26-21(30-23)14-16-6-2-1-3-7-16/h1-13H,14-15H2,(H,25,27,28). The van der Waals surface area contributed by atoms with Gasteiger partial charge in [0, 0.05) is 11.4 Å². The number of amides is 1. The van der Waals surface area contributed by atoms with Crippen molar-refractivity contribution in [3.63, 3.8) is 0 Å². The summed E-state index contributed by atoms with van der Waals surface area (Å²) in [5.74, 6) is 0.211. The van der Waals surface area contributed by atoms with E-state index < -0.39 is 0 Å². The molecule has 1 N–H and O–H groups in total. The fourth-order valence-electron chi connectivity index (χ4n) is 2.83. The zero-order valence-corrected chi connectivity index (χ0v) is 17.5. The molecule has 1 amide bonds. The predicted octanol–water partition coefficient (Wildman–Crippen LogP) is 5.61. The van der Waals surface area contributed by atoms with Crippen molar-refractivity contribution in [2.24, 2.45) is 0 Å². The number of carbonyl (C=O) groups is 1. The molecule has 1 heterocycles. The van der Waals surface area contributed by atoms with Gasteiger partial charge in [0.05, 0.1) is 5.56 Å². The molecule has 7 heteroatoms. The lowest BCUT2D eigenvalue weighted by Gasteiger charge is -2.11. The molecule has 0 saturated carbocycles. The van der Waals surface area contributed by atoms with E-state index in [1.54, 1.807) is 30.3 Å². The van der Waals surface area contributed by atoms with Gasteiger partial charge in [-0.05, 0) is 35.4 Å². The van der Waals surface area contributed by atoms with Crippen LogP contribution in [0.5, 0.6) is 5.75 Å². The SMILES string of the molecule is O=C(Nc1nnc(Cc2ccccc2)s1)c1ccccc1OCc1ccc(Cl)cc1. The highest BCUT2D eigenvalue weighted by Gasteiger charge is 2.15. The Morgan fingerprint density at radius 1 is 0.900 bits per heavy atom. The number of carbonyl (C=O) groups excluding carboxylic acids is 1. The van der Waals surface area contributed by atoms with Gasteiger partial charge in [-0.15, -0.1) is 10.2 Å². The van der Waals surface area contributed by atoms with E-state index in [1.807, 2.05) is 48.5 Å². The van der Waals surface area contributed by atoms with Crippen molar-refractivity contribution in [1.82, 2.24) is 10.2 Å². The highest BCUT2D eigenvalue weighted by molar-refractivity contribution is 7.15. The van der Waals surface area contributed by atoms with Crippen LogP contribution in [-0.4, -0.2) is 16.1 Å². The van der Waals surface area contributed by atoms with Crippen LogP contribution in [0, 0.1) is 0 Å². The third kappa shape index (κ3) is 5.23. The third-order valence-electron chi connectivity index (χ3n) is 4.32. The van der Waals surface area contributed by atoms with Gasteiger partial charge >= 0.3 is 0 Å². The number of halogens is 1. The Morgan fingerprint density at radius 3 is 2.43 bits per heavy atom. The van der Waals surface area contributed by atoms with Crippen LogP contribution in [0.1, 0.15) is 26.5 Å². The number of nitrogens with zero attached hydrogens (tertiary/aromatic N) is 2. The molecule has 5 nitrogen and oxygen atoms in total. The summed E-state index contributed by atoms with van der Waals surface area (Å²) in [6.45, 7) is 0.335. The number of aromatic nitrogens is 2. The minimum Gasteiger partial charge on any atom is -0.488 e. The molecule has 1 aromatic heterocycles. The van der Waals surface area contributed by atoms with Crippen LogP contribution in [0.4, 0.5) is 5.13 Å². The van der Waals surface area contributed by atoms with Crippen molar-refractivity contribution in [3.05, 3.63) is 106 Å². The number of rotatable bonds is 7. The first-order valence-corrected chi connectivity index (χ1v) is 10.5. The Labute approximate surface area is 183 Å². The Hall–Kier alpha value is -3.22. The lowest BCUT2D eigenvalue weighted by Crippen LogP contribution is -2.13. The zero-order chi connectivity index (χ0) is 20.8. The Morgan fingerprint density at radius 2 is 1.63 bits per heavy atom. The smallest absolute Gasteiger partial charge is 0.261 e. The van der Waals surface area contributed by atoms with Crippen LogP contribution < -0.4 is 10.1 Å². The summed E-state index contributed by atoms with van der Waals surface area (Å²) >= 11 is 7.28. The number of para-hydroxylation sites is 1. The van der Waals surface area contributed by atoms with Crippen molar-refractivity contribution in [2.75, 3.05) is 5.32 Å². The highest BCUT2D eigenvalue weighted by atomic mass is 35.5. The van der Waals surface area contributed by atoms with Crippen LogP contribution in [0.2, 0.25) is 5.02 Å². The normalized spacial score (nSPS) is 10.6. The maximum atomic E-state index is 12.8. The maximum absolute atomic E-state index is 12.8. The first-order chi connectivity index (χ1) is 14.7. The summed E-state index contributed by atoms with van der Waals surface area (Å²) in [7, 11) is 0. The monoisotopic (exact) mass is 435 g/mol. The molecule has 0 atom stereocenters. The first-order valence-electron chi connectivity index (χ1n) is 9.31. The number of hydrogen-bond acceptors (Lipinski definition) is 5. The molecule has 4 aromatic rings. The van der Waals surface area contributed by atoms with Gasteiger partial charge in [0.2, 0.25) is 5.13 Å². The second kappa shape index (κ2) is 9.52. The largest absolute Gasteiger partial charge is 0.488 e. The molecule has 0 unspecified atom stereocenters. The van der Waals surface area contributed by atoms with Crippen molar-refractivity contribution in [2.45, 2.75) is 13.0 Å². The number of anilines is 1. The molecule has 0 saturated heterocycles. The molecule has 30 heavy (non-hydrogen) atoms. The minimum absolute atomic E-state index is 0.288. The predicted molar refractivity (Wildman–Crippen MR) is 119 cm³/mol. The Bertz CT molecular complexity index is 1130. The van der Waals surface area contributed by atoms with E-state index in [2.05, 4.69) is 15.5 Å². The van der Waals surface area contributed by atoms with Crippen LogP contribution in [-0.2, 0) is 13.0 Å². The van der Waals surface area contributed by atoms with E-state index in [-0.39, 0.29) is 5.91 Å². The maximum Gasteiger partial charge on any atom is 0.261 e. The van der Waals surface area contributed by atoms with Gasteiger partial charge < -0.3 is 4.74 Å². The van der Waals surface area contributed by atoms with Crippen LogP contribution in [0.15, 0.2) is 78.9 Å². The molecule has 3 aromatic carbocycles. The van der Waals surface area contributed by atoms with Gasteiger partial charge in [-0.3, -0.25) is 10.1 Å². The molecular formula is C23H18ClN3O2S. The molecule has 0 fully saturated rings.